The number of benzene rings is 1. The average molecular weight is 465 g/mol. The second-order valence-corrected chi connectivity index (χ2v) is 6.38. The van der Waals surface area contributed by atoms with Gasteiger partial charge in [0.1, 0.15) is 5.82 Å². The number of aliphatic imine (C=N–C) groups is 1. The van der Waals surface area contributed by atoms with E-state index in [1.54, 1.807) is 0 Å². The highest BCUT2D eigenvalue weighted by Crippen LogP contribution is 2.12. The summed E-state index contributed by atoms with van der Waals surface area (Å²) in [5.74, 6) is 2.05. The van der Waals surface area contributed by atoms with Gasteiger partial charge in [0.15, 0.2) is 5.96 Å². The Kier molecular flexibility index (Phi) is 8.15. The monoisotopic (exact) mass is 465 g/mol. The number of rotatable bonds is 4. The van der Waals surface area contributed by atoms with Crippen molar-refractivity contribution in [3.05, 3.63) is 59.8 Å². The second-order valence-electron chi connectivity index (χ2n) is 6.38. The molecule has 0 atom stereocenters. The van der Waals surface area contributed by atoms with E-state index in [0.717, 1.165) is 50.9 Å². The number of hydrogen-bond acceptors (Lipinski definition) is 3. The molecule has 0 saturated carbocycles. The maximum atomic E-state index is 4.46. The first-order chi connectivity index (χ1) is 12.3. The molecule has 1 saturated heterocycles. The van der Waals surface area contributed by atoms with E-state index in [2.05, 4.69) is 62.3 Å². The number of piperazine rings is 1. The molecule has 5 nitrogen and oxygen atoms in total. The van der Waals surface area contributed by atoms with Crippen LogP contribution in [0.15, 0.2) is 53.7 Å². The van der Waals surface area contributed by atoms with Crippen LogP contribution in [0, 0.1) is 6.92 Å². The molecular formula is C20H28IN5. The lowest BCUT2D eigenvalue weighted by Gasteiger charge is -2.37. The molecular weight excluding hydrogens is 437 g/mol. The smallest absolute Gasteiger partial charge is 0.193 e. The Labute approximate surface area is 173 Å². The van der Waals surface area contributed by atoms with Crippen molar-refractivity contribution >= 4 is 35.8 Å². The van der Waals surface area contributed by atoms with Crippen molar-refractivity contribution < 1.29 is 0 Å². The van der Waals surface area contributed by atoms with Crippen molar-refractivity contribution in [2.75, 3.05) is 44.7 Å². The number of guanidine groups is 1. The van der Waals surface area contributed by atoms with Crippen molar-refractivity contribution in [1.29, 1.82) is 0 Å². The average Bonchev–Trinajstić information content (AvgIpc) is 2.66. The molecule has 140 valence electrons. The number of halogens is 1. The minimum absolute atomic E-state index is 0. The summed E-state index contributed by atoms with van der Waals surface area (Å²) in [6, 6.07) is 14.8. The fraction of sp³-hybridized carbons (Fsp3) is 0.400. The van der Waals surface area contributed by atoms with E-state index in [0.29, 0.717) is 0 Å². The first-order valence-corrected chi connectivity index (χ1v) is 8.93. The first-order valence-electron chi connectivity index (χ1n) is 8.93. The van der Waals surface area contributed by atoms with Gasteiger partial charge in [-0.1, -0.05) is 35.9 Å². The van der Waals surface area contributed by atoms with Crippen LogP contribution >= 0.6 is 24.0 Å². The number of hydrogen-bond donors (Lipinski definition) is 1. The van der Waals surface area contributed by atoms with Crippen LogP contribution in [0.25, 0.3) is 0 Å². The largest absolute Gasteiger partial charge is 0.356 e. The van der Waals surface area contributed by atoms with Crippen LogP contribution < -0.4 is 10.2 Å². The minimum atomic E-state index is 0. The summed E-state index contributed by atoms with van der Waals surface area (Å²) in [6.45, 7) is 6.89. The van der Waals surface area contributed by atoms with Crippen molar-refractivity contribution in [2.24, 2.45) is 4.99 Å². The van der Waals surface area contributed by atoms with E-state index in [1.807, 2.05) is 25.4 Å². The summed E-state index contributed by atoms with van der Waals surface area (Å²) in [6.07, 6.45) is 2.86. The van der Waals surface area contributed by atoms with E-state index in [9.17, 15) is 0 Å². The Bertz CT molecular complexity index is 696. The molecule has 2 aromatic rings. The van der Waals surface area contributed by atoms with Crippen LogP contribution in [0.3, 0.4) is 0 Å². The van der Waals surface area contributed by atoms with E-state index in [-0.39, 0.29) is 24.0 Å². The molecule has 0 spiro atoms. The highest BCUT2D eigenvalue weighted by molar-refractivity contribution is 14.0. The molecule has 0 aliphatic carbocycles. The molecule has 3 rings (SSSR count). The zero-order valence-electron chi connectivity index (χ0n) is 15.6. The normalized spacial score (nSPS) is 14.8. The van der Waals surface area contributed by atoms with Gasteiger partial charge in [-0.2, -0.15) is 0 Å². The van der Waals surface area contributed by atoms with Gasteiger partial charge in [0.25, 0.3) is 0 Å². The highest BCUT2D eigenvalue weighted by Gasteiger charge is 2.20. The third-order valence-corrected chi connectivity index (χ3v) is 4.54. The third-order valence-electron chi connectivity index (χ3n) is 4.54. The lowest BCUT2D eigenvalue weighted by molar-refractivity contribution is 0.372. The predicted octanol–water partition coefficient (Wildman–Crippen LogP) is 2.95. The number of nitrogens with one attached hydrogen (secondary N) is 1. The van der Waals surface area contributed by atoms with E-state index >= 15 is 0 Å². The number of anilines is 1. The van der Waals surface area contributed by atoms with Gasteiger partial charge in [-0.05, 0) is 31.0 Å². The fourth-order valence-corrected chi connectivity index (χ4v) is 3.21. The Morgan fingerprint density at radius 1 is 1.12 bits per heavy atom. The maximum Gasteiger partial charge on any atom is 0.193 e. The lowest BCUT2D eigenvalue weighted by Crippen LogP contribution is -2.53. The number of aromatic nitrogens is 1. The second kappa shape index (κ2) is 10.4. The van der Waals surface area contributed by atoms with Crippen LogP contribution in [0.2, 0.25) is 0 Å². The Morgan fingerprint density at radius 3 is 2.58 bits per heavy atom. The van der Waals surface area contributed by atoms with Gasteiger partial charge in [-0.15, -0.1) is 24.0 Å². The zero-order chi connectivity index (χ0) is 17.5. The van der Waals surface area contributed by atoms with Gasteiger partial charge in [0.05, 0.1) is 0 Å². The molecule has 6 heteroatoms. The van der Waals surface area contributed by atoms with Crippen LogP contribution in [0.1, 0.15) is 11.1 Å². The number of pyridine rings is 1. The quantitative estimate of drug-likeness (QED) is 0.429. The molecule has 1 aliphatic heterocycles. The molecule has 0 amide bonds. The van der Waals surface area contributed by atoms with Crippen LogP contribution in [0.4, 0.5) is 5.82 Å². The highest BCUT2D eigenvalue weighted by atomic mass is 127. The van der Waals surface area contributed by atoms with E-state index in [1.165, 1.54) is 11.1 Å². The molecule has 1 aromatic carbocycles. The lowest BCUT2D eigenvalue weighted by atomic mass is 10.1. The van der Waals surface area contributed by atoms with Gasteiger partial charge < -0.3 is 15.1 Å². The van der Waals surface area contributed by atoms with E-state index in [4.69, 9.17) is 0 Å². The Hall–Kier alpha value is -1.83. The fourth-order valence-electron chi connectivity index (χ4n) is 3.21. The number of nitrogens with zero attached hydrogens (tertiary/aromatic N) is 4. The summed E-state index contributed by atoms with van der Waals surface area (Å²) >= 11 is 0. The summed E-state index contributed by atoms with van der Waals surface area (Å²) in [4.78, 5) is 13.6. The van der Waals surface area contributed by atoms with Gasteiger partial charge >= 0.3 is 0 Å². The standard InChI is InChI=1S/C20H27N5.HI/c1-17-6-5-7-18(16-17)9-11-23-20(21-2)25-14-12-24(13-15-25)19-8-3-4-10-22-19;/h3-8,10,16H,9,11-15H2,1-2H3,(H,21,23);1H. The predicted molar refractivity (Wildman–Crippen MR) is 120 cm³/mol. The Morgan fingerprint density at radius 2 is 1.92 bits per heavy atom. The van der Waals surface area contributed by atoms with Gasteiger partial charge in [-0.3, -0.25) is 4.99 Å². The molecule has 0 bridgehead atoms. The first kappa shape index (κ1) is 20.5. The molecule has 26 heavy (non-hydrogen) atoms. The zero-order valence-corrected chi connectivity index (χ0v) is 17.9. The van der Waals surface area contributed by atoms with Crippen LogP contribution in [-0.4, -0.2) is 55.6 Å². The van der Waals surface area contributed by atoms with Crippen LogP contribution in [-0.2, 0) is 6.42 Å². The summed E-state index contributed by atoms with van der Waals surface area (Å²) in [7, 11) is 1.86. The topological polar surface area (TPSA) is 43.8 Å². The molecule has 1 N–H and O–H groups in total. The van der Waals surface area contributed by atoms with Crippen molar-refractivity contribution in [2.45, 2.75) is 13.3 Å². The van der Waals surface area contributed by atoms with Gasteiger partial charge in [0, 0.05) is 46.0 Å². The van der Waals surface area contributed by atoms with E-state index < -0.39 is 0 Å². The van der Waals surface area contributed by atoms with Crippen LogP contribution in [0.5, 0.6) is 0 Å². The van der Waals surface area contributed by atoms with Gasteiger partial charge in [-0.25, -0.2) is 4.98 Å². The summed E-state index contributed by atoms with van der Waals surface area (Å²) in [5, 5.41) is 3.50. The Balaban J connectivity index is 0.00000243. The van der Waals surface area contributed by atoms with Crippen molar-refractivity contribution in [3.63, 3.8) is 0 Å². The molecule has 0 unspecified atom stereocenters. The maximum absolute atomic E-state index is 4.46. The van der Waals surface area contributed by atoms with Crippen molar-refractivity contribution in [3.8, 4) is 0 Å². The molecule has 0 radical (unpaired) electrons. The molecule has 2 heterocycles. The molecule has 1 fully saturated rings. The third kappa shape index (κ3) is 5.59. The van der Waals surface area contributed by atoms with Gasteiger partial charge in [0.2, 0.25) is 0 Å². The summed E-state index contributed by atoms with van der Waals surface area (Å²) in [5.41, 5.74) is 2.68. The SMILES string of the molecule is CN=C(NCCc1cccc(C)c1)N1CCN(c2ccccn2)CC1.I. The minimum Gasteiger partial charge on any atom is -0.356 e. The molecule has 1 aromatic heterocycles. The molecule has 1 aliphatic rings. The number of aryl methyl sites for hydroxylation is 1. The summed E-state index contributed by atoms with van der Waals surface area (Å²) < 4.78 is 0. The van der Waals surface area contributed by atoms with Crippen molar-refractivity contribution in [1.82, 2.24) is 15.2 Å².